The molecule has 0 aliphatic carbocycles. The Kier molecular flexibility index (Phi) is 37.7. The van der Waals surface area contributed by atoms with Crippen molar-refractivity contribution in [3.05, 3.63) is 58.7 Å². The minimum absolute atomic E-state index is 0. The molecule has 0 amide bonds. The maximum atomic E-state index is 2.64. The third kappa shape index (κ3) is 27.6. The van der Waals surface area contributed by atoms with E-state index >= 15 is 0 Å². The number of benzene rings is 2. The highest BCUT2D eigenvalue weighted by Crippen LogP contribution is 2.25. The highest BCUT2D eigenvalue weighted by molar-refractivity contribution is 6.93. The molecule has 0 N–H and O–H groups in total. The number of rotatable bonds is 38. The molecule has 0 saturated carbocycles. The zero-order valence-corrected chi connectivity index (χ0v) is 53.2. The van der Waals surface area contributed by atoms with Gasteiger partial charge in [-0.15, -0.1) is 0 Å². The molecule has 2 rings (SSSR count). The molecule has 2 aromatic carbocycles. The van der Waals surface area contributed by atoms with Crippen LogP contribution in [0.5, 0.6) is 0 Å². The molecule has 0 bridgehead atoms. The van der Waals surface area contributed by atoms with Crippen molar-refractivity contribution < 1.29 is 0 Å². The van der Waals surface area contributed by atoms with Crippen molar-refractivity contribution >= 4 is 65.2 Å². The summed E-state index contributed by atoms with van der Waals surface area (Å²) in [4.78, 5) is 0. The van der Waals surface area contributed by atoms with Gasteiger partial charge >= 0.3 is 0 Å². The van der Waals surface area contributed by atoms with E-state index in [1.165, 1.54) is 204 Å². The summed E-state index contributed by atoms with van der Waals surface area (Å²) >= 11 is 0. The maximum absolute atomic E-state index is 2.64. The van der Waals surface area contributed by atoms with Gasteiger partial charge in [0.2, 0.25) is 0 Å². The monoisotopic (exact) mass is 1020 g/mol. The van der Waals surface area contributed by atoms with Gasteiger partial charge in [0.05, 0.1) is 32.3 Å². The fraction of sp³-hybridized carbons (Fsp3) is 0.754. The van der Waals surface area contributed by atoms with Crippen LogP contribution in [0.1, 0.15) is 251 Å². The lowest BCUT2D eigenvalue weighted by atomic mass is 10.1. The van der Waals surface area contributed by atoms with Gasteiger partial charge in [-0.25, -0.2) is 0 Å². The van der Waals surface area contributed by atoms with Gasteiger partial charge in [-0.2, -0.15) is 0 Å². The van der Waals surface area contributed by atoms with Crippen molar-refractivity contribution in [2.24, 2.45) is 0 Å². The molecule has 0 aromatic heterocycles. The second-order valence-electron chi connectivity index (χ2n) is 24.5. The summed E-state index contributed by atoms with van der Waals surface area (Å²) < 4.78 is 0. The zero-order chi connectivity index (χ0) is 50.9. The molecule has 0 unspecified atom stereocenters. The van der Waals surface area contributed by atoms with Gasteiger partial charge in [-0.3, -0.25) is 0 Å². The summed E-state index contributed by atoms with van der Waals surface area (Å²) in [6.07, 6.45) is 49.0. The van der Waals surface area contributed by atoms with Gasteiger partial charge in [0.25, 0.3) is 0 Å². The number of unbranched alkanes of at least 4 members (excludes halogenated alkanes) is 24. The topological polar surface area (TPSA) is 0 Å². The van der Waals surface area contributed by atoms with Crippen molar-refractivity contribution in [1.29, 1.82) is 0 Å². The van der Waals surface area contributed by atoms with Gasteiger partial charge in [-0.1, -0.05) is 372 Å². The van der Waals surface area contributed by atoms with Crippen molar-refractivity contribution in [1.82, 2.24) is 0 Å². The van der Waals surface area contributed by atoms with Crippen LogP contribution in [0.4, 0.5) is 0 Å². The number of aryl methyl sites for hydroxylation is 2. The quantitative estimate of drug-likeness (QED) is 0.0464. The predicted octanol–water partition coefficient (Wildman–Crippen LogP) is 21.4. The Morgan fingerprint density at radius 2 is 0.507 bits per heavy atom. The Bertz CT molecular complexity index is 1640. The Balaban J connectivity index is 0.00000132. The van der Waals surface area contributed by atoms with Crippen LogP contribution in [0, 0.1) is 13.8 Å². The van der Waals surface area contributed by atoms with Crippen molar-refractivity contribution in [3.8, 4) is 0 Å². The van der Waals surface area contributed by atoms with E-state index in [0.29, 0.717) is 0 Å². The van der Waals surface area contributed by atoms with E-state index in [1.54, 1.807) is 43.0 Å². The minimum atomic E-state index is -1.44. The molecule has 0 nitrogen and oxygen atoms in total. The van der Waals surface area contributed by atoms with E-state index in [9.17, 15) is 0 Å². The molecule has 0 saturated heterocycles. The molecule has 0 aliphatic rings. The Morgan fingerprint density at radius 3 is 0.725 bits per heavy atom. The van der Waals surface area contributed by atoms with Gasteiger partial charge in [0, 0.05) is 0 Å². The zero-order valence-electron chi connectivity index (χ0n) is 49.2. The van der Waals surface area contributed by atoms with Crippen LogP contribution in [-0.4, -0.2) is 32.3 Å². The van der Waals surface area contributed by atoms with Gasteiger partial charge in [-0.05, 0) is 38.8 Å². The Hall–Kier alpha value is -1.21. The molecule has 2 aromatic rings. The second kappa shape index (κ2) is 38.4. The van der Waals surface area contributed by atoms with Crippen molar-refractivity contribution in [2.75, 3.05) is 0 Å². The largest absolute Gasteiger partial charge is 0.0871 e. The predicted molar refractivity (Wildman–Crippen MR) is 338 cm³/mol. The first-order chi connectivity index (χ1) is 32.4. The van der Waals surface area contributed by atoms with Crippen LogP contribution in [0.2, 0.25) is 76.6 Å². The van der Waals surface area contributed by atoms with Gasteiger partial charge in [0.15, 0.2) is 0 Å². The highest BCUT2D eigenvalue weighted by atomic mass is 28.3. The average Bonchev–Trinajstić information content (AvgIpc) is 3.29. The summed E-state index contributed by atoms with van der Waals surface area (Å²) in [5.74, 6) is 0. The van der Waals surface area contributed by atoms with E-state index in [1.807, 2.05) is 0 Å². The van der Waals surface area contributed by atoms with Crippen molar-refractivity contribution in [3.63, 3.8) is 0 Å². The third-order valence-electron chi connectivity index (χ3n) is 16.0. The van der Waals surface area contributed by atoms with Gasteiger partial charge in [0.1, 0.15) is 0 Å². The molecular formula is C65H124Si4. The number of hydrogen-bond donors (Lipinski definition) is 0. The number of allylic oxidation sites excluding steroid dienone is 2. The first-order valence-corrected chi connectivity index (χ1v) is 42.8. The summed E-state index contributed by atoms with van der Waals surface area (Å²) in [6, 6.07) is 16.3. The molecular weight excluding hydrogens is 893 g/mol. The summed E-state index contributed by atoms with van der Waals surface area (Å²) in [5.41, 5.74) is 6.26. The SMILES string of the molecule is C.C/C=C/c1cc([Si](C)(C)CCCCCCCC)c(C)cc1[Si](C)(C)CCCCCCCCCC.C/C=C/c1cc([Si](C)(C)CCCCCCCCCC)c(C)cc1[Si](C)(C)CCCCCCCC. The molecule has 0 atom stereocenters. The molecule has 0 aliphatic heterocycles. The van der Waals surface area contributed by atoms with E-state index in [2.05, 4.69) is 156 Å². The fourth-order valence-corrected chi connectivity index (χ4v) is 23.4. The molecule has 400 valence electrons. The van der Waals surface area contributed by atoms with Crippen LogP contribution in [-0.2, 0) is 0 Å². The summed E-state index contributed by atoms with van der Waals surface area (Å²) in [7, 11) is -5.68. The minimum Gasteiger partial charge on any atom is -0.0871 e. The molecule has 0 spiro atoms. The molecule has 0 radical (unpaired) electrons. The average molecular weight is 1020 g/mol. The van der Waals surface area contributed by atoms with Crippen molar-refractivity contribution in [2.45, 2.75) is 319 Å². The second-order valence-corrected chi connectivity index (χ2v) is 43.8. The lowest BCUT2D eigenvalue weighted by Gasteiger charge is -2.31. The third-order valence-corrected chi connectivity index (χ3v) is 30.2. The molecule has 0 fully saturated rings. The maximum Gasteiger partial charge on any atom is 0.0814 e. The molecule has 4 heteroatoms. The van der Waals surface area contributed by atoms with E-state index < -0.39 is 32.3 Å². The van der Waals surface area contributed by atoms with Gasteiger partial charge < -0.3 is 0 Å². The highest BCUT2D eigenvalue weighted by Gasteiger charge is 2.32. The van der Waals surface area contributed by atoms with Crippen LogP contribution >= 0.6 is 0 Å². The van der Waals surface area contributed by atoms with Crippen LogP contribution in [0.15, 0.2) is 36.4 Å². The first-order valence-electron chi connectivity index (χ1n) is 30.0. The van der Waals surface area contributed by atoms with E-state index in [0.717, 1.165) is 0 Å². The van der Waals surface area contributed by atoms with E-state index in [-0.39, 0.29) is 7.43 Å². The van der Waals surface area contributed by atoms with Crippen LogP contribution in [0.3, 0.4) is 0 Å². The molecule has 0 heterocycles. The first kappa shape index (κ1) is 67.8. The fourth-order valence-electron chi connectivity index (χ4n) is 11.3. The standard InChI is InChI=1S/2C32H60Si2.CH4/c1-9-12-14-16-18-19-21-22-25-33(5,6)31-28-30(24-11-3)32(27-29(31)4)34(7,8)26-23-20-17-15-13-10-2;1-9-12-14-16-18-19-21-23-26-34(7,8)32-27-29(4)31(28-30(32)24-11-3)33(5,6)25-22-20-17-15-13-10-2;/h2*11,24,27-28H,9-10,12-23,25-26H2,1-8H3;1H4/b2*24-11+;. The van der Waals surface area contributed by atoms with Crippen LogP contribution in [0.25, 0.3) is 12.2 Å². The molecule has 69 heavy (non-hydrogen) atoms. The Labute approximate surface area is 440 Å². The Morgan fingerprint density at radius 1 is 0.304 bits per heavy atom. The lowest BCUT2D eigenvalue weighted by Crippen LogP contribution is -2.48. The summed E-state index contributed by atoms with van der Waals surface area (Å²) in [5, 5.41) is 6.85. The number of hydrogen-bond acceptors (Lipinski definition) is 0. The smallest absolute Gasteiger partial charge is 0.0814 e. The van der Waals surface area contributed by atoms with Crippen LogP contribution < -0.4 is 20.7 Å². The normalized spacial score (nSPS) is 12.5. The summed E-state index contributed by atoms with van der Waals surface area (Å²) in [6.45, 7) is 39.4. The van der Waals surface area contributed by atoms with E-state index in [4.69, 9.17) is 0 Å². The lowest BCUT2D eigenvalue weighted by molar-refractivity contribution is 0.584.